The van der Waals surface area contributed by atoms with Gasteiger partial charge in [-0.25, -0.2) is 4.79 Å². The van der Waals surface area contributed by atoms with Gasteiger partial charge in [0.25, 0.3) is 5.91 Å². The van der Waals surface area contributed by atoms with Crippen LogP contribution in [0.3, 0.4) is 0 Å². The molecular weight excluding hydrogens is 148 g/mol. The van der Waals surface area contributed by atoms with Crippen molar-refractivity contribution in [3.05, 3.63) is 11.8 Å². The van der Waals surface area contributed by atoms with E-state index in [1.54, 1.807) is 0 Å². The van der Waals surface area contributed by atoms with Crippen LogP contribution in [0.5, 0.6) is 0 Å². The van der Waals surface area contributed by atoms with Gasteiger partial charge in [0.2, 0.25) is 0 Å². The second kappa shape index (κ2) is 4.32. The molecule has 0 aliphatic heterocycles. The third kappa shape index (κ3) is 3.24. The first-order valence-corrected chi connectivity index (χ1v) is 2.96. The lowest BCUT2D eigenvalue weighted by Gasteiger charge is -2.02. The summed E-state index contributed by atoms with van der Waals surface area (Å²) >= 11 is 0. The lowest BCUT2D eigenvalue weighted by molar-refractivity contribution is -0.132. The van der Waals surface area contributed by atoms with E-state index in [4.69, 9.17) is 5.11 Å². The number of carbonyl (C=O) groups is 2. The number of carbonyl (C=O) groups excluding carboxylic acids is 1. The predicted octanol–water partition coefficient (Wildman–Crippen LogP) is -1.08. The normalized spacial score (nSPS) is 10.5. The number of rotatable bonds is 3. The fourth-order valence-corrected chi connectivity index (χ4v) is 0.509. The first-order valence-electron chi connectivity index (χ1n) is 2.96. The van der Waals surface area contributed by atoms with Gasteiger partial charge in [0, 0.05) is 14.1 Å². The lowest BCUT2D eigenvalue weighted by Crippen LogP contribution is -2.27. The maximum Gasteiger partial charge on any atom is 0.330 e. The smallest absolute Gasteiger partial charge is 0.330 e. The Morgan fingerprint density at radius 1 is 1.27 bits per heavy atom. The van der Waals surface area contributed by atoms with Crippen molar-refractivity contribution in [2.45, 2.75) is 0 Å². The van der Waals surface area contributed by atoms with E-state index in [1.807, 2.05) is 0 Å². The number of carboxylic acids is 1. The van der Waals surface area contributed by atoms with E-state index in [-0.39, 0.29) is 5.70 Å². The molecule has 3 N–H and O–H groups in total. The Balaban J connectivity index is 4.39. The Kier molecular flexibility index (Phi) is 3.72. The largest absolute Gasteiger partial charge is 0.478 e. The van der Waals surface area contributed by atoms with Gasteiger partial charge in [-0.05, 0) is 0 Å². The zero-order chi connectivity index (χ0) is 8.85. The molecule has 0 aromatic heterocycles. The van der Waals surface area contributed by atoms with Gasteiger partial charge in [-0.3, -0.25) is 4.79 Å². The van der Waals surface area contributed by atoms with E-state index >= 15 is 0 Å². The Morgan fingerprint density at radius 2 is 1.82 bits per heavy atom. The van der Waals surface area contributed by atoms with Gasteiger partial charge >= 0.3 is 5.97 Å². The summed E-state index contributed by atoms with van der Waals surface area (Å²) in [5, 5.41) is 13.0. The van der Waals surface area contributed by atoms with Crippen LogP contribution in [0.25, 0.3) is 0 Å². The molecular formula is C6H10N2O3. The third-order valence-corrected chi connectivity index (χ3v) is 1.01. The Hall–Kier alpha value is -1.52. The van der Waals surface area contributed by atoms with Crippen molar-refractivity contribution in [2.75, 3.05) is 14.1 Å². The molecule has 0 aliphatic carbocycles. The van der Waals surface area contributed by atoms with Crippen molar-refractivity contribution in [1.82, 2.24) is 10.6 Å². The van der Waals surface area contributed by atoms with E-state index in [0.29, 0.717) is 0 Å². The second-order valence-electron chi connectivity index (χ2n) is 1.73. The molecule has 1 amide bonds. The molecule has 0 radical (unpaired) electrons. The number of carboxylic acid groups (broad SMARTS) is 1. The van der Waals surface area contributed by atoms with Gasteiger partial charge in [0.15, 0.2) is 0 Å². The van der Waals surface area contributed by atoms with Crippen LogP contribution in [0.1, 0.15) is 0 Å². The molecule has 0 heterocycles. The van der Waals surface area contributed by atoms with E-state index in [9.17, 15) is 9.59 Å². The molecule has 0 saturated heterocycles. The average Bonchev–Trinajstić information content (AvgIpc) is 1.98. The van der Waals surface area contributed by atoms with E-state index in [1.165, 1.54) is 14.1 Å². The highest BCUT2D eigenvalue weighted by Gasteiger charge is 2.05. The molecule has 62 valence electrons. The van der Waals surface area contributed by atoms with Gasteiger partial charge in [-0.1, -0.05) is 0 Å². The maximum atomic E-state index is 10.8. The minimum Gasteiger partial charge on any atom is -0.478 e. The monoisotopic (exact) mass is 158 g/mol. The topological polar surface area (TPSA) is 78.4 Å². The molecule has 5 heteroatoms. The summed E-state index contributed by atoms with van der Waals surface area (Å²) in [5.41, 5.74) is 0.0278. The van der Waals surface area contributed by atoms with Gasteiger partial charge in [-0.2, -0.15) is 0 Å². The second-order valence-corrected chi connectivity index (χ2v) is 1.73. The van der Waals surface area contributed by atoms with Crippen LogP contribution < -0.4 is 10.6 Å². The van der Waals surface area contributed by atoms with Crippen molar-refractivity contribution in [3.63, 3.8) is 0 Å². The number of hydrogen-bond acceptors (Lipinski definition) is 3. The van der Waals surface area contributed by atoms with E-state index in [2.05, 4.69) is 10.6 Å². The highest BCUT2D eigenvalue weighted by atomic mass is 16.4. The van der Waals surface area contributed by atoms with E-state index < -0.39 is 11.9 Å². The van der Waals surface area contributed by atoms with Crippen LogP contribution in [0.4, 0.5) is 0 Å². The molecule has 0 saturated carbocycles. The van der Waals surface area contributed by atoms with Crippen LogP contribution in [0.15, 0.2) is 11.8 Å². The van der Waals surface area contributed by atoms with Crippen LogP contribution in [-0.2, 0) is 9.59 Å². The molecule has 0 aromatic rings. The molecule has 0 rings (SSSR count). The molecule has 11 heavy (non-hydrogen) atoms. The molecule has 0 atom stereocenters. The predicted molar refractivity (Wildman–Crippen MR) is 38.8 cm³/mol. The molecule has 0 unspecified atom stereocenters. The summed E-state index contributed by atoms with van der Waals surface area (Å²) in [6.07, 6.45) is 0.804. The summed E-state index contributed by atoms with van der Waals surface area (Å²) < 4.78 is 0. The first-order chi connectivity index (χ1) is 5.11. The molecule has 0 fully saturated rings. The van der Waals surface area contributed by atoms with Crippen molar-refractivity contribution < 1.29 is 14.7 Å². The van der Waals surface area contributed by atoms with Crippen molar-refractivity contribution in [2.24, 2.45) is 0 Å². The summed E-state index contributed by atoms with van der Waals surface area (Å²) in [7, 11) is 2.90. The van der Waals surface area contributed by atoms with Gasteiger partial charge in [0.1, 0.15) is 5.70 Å². The fraction of sp³-hybridized carbons (Fsp3) is 0.333. The van der Waals surface area contributed by atoms with Gasteiger partial charge < -0.3 is 15.7 Å². The Bertz CT molecular complexity index is 198. The number of aliphatic carboxylic acids is 1. The van der Waals surface area contributed by atoms with Gasteiger partial charge in [-0.15, -0.1) is 0 Å². The lowest BCUT2D eigenvalue weighted by atomic mass is 10.4. The number of likely N-dealkylation sites (N-methyl/N-ethyl adjacent to an activating group) is 2. The highest BCUT2D eigenvalue weighted by Crippen LogP contribution is 1.86. The average molecular weight is 158 g/mol. The molecule has 0 aromatic carbocycles. The number of hydrogen-bond donors (Lipinski definition) is 3. The molecule has 0 aliphatic rings. The van der Waals surface area contributed by atoms with Crippen molar-refractivity contribution >= 4 is 11.9 Å². The number of nitrogens with one attached hydrogen (secondary N) is 2. The van der Waals surface area contributed by atoms with Crippen LogP contribution in [-0.4, -0.2) is 31.1 Å². The molecule has 0 bridgehead atoms. The summed E-state index contributed by atoms with van der Waals surface area (Å²) in [6, 6.07) is 0. The van der Waals surface area contributed by atoms with Crippen LogP contribution in [0, 0.1) is 0 Å². The zero-order valence-corrected chi connectivity index (χ0v) is 6.34. The maximum absolute atomic E-state index is 10.8. The first kappa shape index (κ1) is 9.48. The zero-order valence-electron chi connectivity index (χ0n) is 6.34. The van der Waals surface area contributed by atoms with Crippen LogP contribution >= 0.6 is 0 Å². The SMILES string of the molecule is CNC(=O)/C(=C\C(=O)O)NC. The Morgan fingerprint density at radius 3 is 2.09 bits per heavy atom. The van der Waals surface area contributed by atoms with Gasteiger partial charge in [0.05, 0.1) is 6.08 Å². The minimum atomic E-state index is -1.15. The third-order valence-electron chi connectivity index (χ3n) is 1.01. The van der Waals surface area contributed by atoms with Crippen molar-refractivity contribution in [1.29, 1.82) is 0 Å². The van der Waals surface area contributed by atoms with Crippen LogP contribution in [0.2, 0.25) is 0 Å². The quantitative estimate of drug-likeness (QED) is 0.456. The fourth-order valence-electron chi connectivity index (χ4n) is 0.509. The molecule has 5 nitrogen and oxygen atoms in total. The van der Waals surface area contributed by atoms with Crippen molar-refractivity contribution in [3.8, 4) is 0 Å². The summed E-state index contributed by atoms with van der Waals surface area (Å²) in [6.45, 7) is 0. The summed E-state index contributed by atoms with van der Waals surface area (Å²) in [4.78, 5) is 20.9. The standard InChI is InChI=1S/C6H10N2O3/c1-7-4(3-5(9)10)6(11)8-2/h3,7H,1-2H3,(H,8,11)(H,9,10)/b4-3+. The highest BCUT2D eigenvalue weighted by molar-refractivity contribution is 5.98. The minimum absolute atomic E-state index is 0.0278. The summed E-state index contributed by atoms with van der Waals surface area (Å²) in [5.74, 6) is -1.60. The molecule has 0 spiro atoms. The van der Waals surface area contributed by atoms with E-state index in [0.717, 1.165) is 6.08 Å². The number of amides is 1. The Labute approximate surface area is 64.1 Å².